The predicted molar refractivity (Wildman–Crippen MR) is 94.8 cm³/mol. The standard InChI is InChI=1S/C18H26N2O2S/c1-13(2)19-17(21)12-23-16-10-5-4-9-15(16)18(22)20-11-7-6-8-14(20)3/h4-5,9-10,13-14H,6-8,11-12H2,1-3H3,(H,19,21). The number of carbonyl (C=O) groups is 2. The van der Waals surface area contributed by atoms with Crippen molar-refractivity contribution in [3.05, 3.63) is 29.8 Å². The highest BCUT2D eigenvalue weighted by molar-refractivity contribution is 8.00. The minimum atomic E-state index is -0.00130. The molecule has 23 heavy (non-hydrogen) atoms. The van der Waals surface area contributed by atoms with Gasteiger partial charge in [0.25, 0.3) is 5.91 Å². The van der Waals surface area contributed by atoms with Crippen LogP contribution in [0.25, 0.3) is 0 Å². The predicted octanol–water partition coefficient (Wildman–Crippen LogP) is 3.32. The lowest BCUT2D eigenvalue weighted by Crippen LogP contribution is -2.42. The third-order valence-electron chi connectivity index (χ3n) is 3.99. The number of benzene rings is 1. The molecule has 1 unspecified atom stereocenters. The average molecular weight is 334 g/mol. The van der Waals surface area contributed by atoms with E-state index in [1.807, 2.05) is 43.0 Å². The van der Waals surface area contributed by atoms with E-state index in [2.05, 4.69) is 12.2 Å². The molecule has 2 amide bonds. The Balaban J connectivity index is 2.07. The van der Waals surface area contributed by atoms with Crippen LogP contribution in [0.5, 0.6) is 0 Å². The van der Waals surface area contributed by atoms with Gasteiger partial charge in [0.1, 0.15) is 0 Å². The summed E-state index contributed by atoms with van der Waals surface area (Å²) in [6.45, 7) is 6.82. The summed E-state index contributed by atoms with van der Waals surface area (Å²) < 4.78 is 0. The van der Waals surface area contributed by atoms with Gasteiger partial charge in [-0.05, 0) is 52.2 Å². The maximum Gasteiger partial charge on any atom is 0.255 e. The van der Waals surface area contributed by atoms with Crippen LogP contribution in [0.2, 0.25) is 0 Å². The molecule has 0 aliphatic carbocycles. The molecule has 1 aromatic rings. The molecule has 1 heterocycles. The number of rotatable bonds is 5. The van der Waals surface area contributed by atoms with Crippen molar-refractivity contribution in [2.24, 2.45) is 0 Å². The van der Waals surface area contributed by atoms with Gasteiger partial charge in [-0.25, -0.2) is 0 Å². The number of nitrogens with one attached hydrogen (secondary N) is 1. The first-order valence-electron chi connectivity index (χ1n) is 8.31. The summed E-state index contributed by atoms with van der Waals surface area (Å²) in [6, 6.07) is 8.02. The first kappa shape index (κ1) is 17.9. The van der Waals surface area contributed by atoms with E-state index < -0.39 is 0 Å². The number of piperidine rings is 1. The number of hydrogen-bond donors (Lipinski definition) is 1. The van der Waals surface area contributed by atoms with Crippen molar-refractivity contribution in [2.45, 2.75) is 57.0 Å². The van der Waals surface area contributed by atoms with Crippen molar-refractivity contribution in [3.63, 3.8) is 0 Å². The molecule has 1 aliphatic heterocycles. The van der Waals surface area contributed by atoms with Gasteiger partial charge in [0.2, 0.25) is 5.91 Å². The molecule has 1 aliphatic rings. The lowest BCUT2D eigenvalue weighted by atomic mass is 10.0. The second kappa shape index (κ2) is 8.39. The fraction of sp³-hybridized carbons (Fsp3) is 0.556. The Morgan fingerprint density at radius 1 is 1.30 bits per heavy atom. The molecule has 0 aromatic heterocycles. The Morgan fingerprint density at radius 3 is 2.74 bits per heavy atom. The monoisotopic (exact) mass is 334 g/mol. The van der Waals surface area contributed by atoms with Crippen molar-refractivity contribution in [1.82, 2.24) is 10.2 Å². The van der Waals surface area contributed by atoms with Crippen molar-refractivity contribution in [3.8, 4) is 0 Å². The molecule has 4 nitrogen and oxygen atoms in total. The highest BCUT2D eigenvalue weighted by Crippen LogP contribution is 2.26. The molecule has 0 radical (unpaired) electrons. The van der Waals surface area contributed by atoms with Crippen molar-refractivity contribution in [2.75, 3.05) is 12.3 Å². The summed E-state index contributed by atoms with van der Waals surface area (Å²) >= 11 is 1.43. The minimum Gasteiger partial charge on any atom is -0.353 e. The summed E-state index contributed by atoms with van der Waals surface area (Å²) in [7, 11) is 0. The van der Waals surface area contributed by atoms with Gasteiger partial charge in [0, 0.05) is 23.5 Å². The smallest absolute Gasteiger partial charge is 0.255 e. The second-order valence-electron chi connectivity index (χ2n) is 6.35. The van der Waals surface area contributed by atoms with Gasteiger partial charge in [-0.1, -0.05) is 12.1 Å². The van der Waals surface area contributed by atoms with Crippen molar-refractivity contribution < 1.29 is 9.59 Å². The number of hydrogen-bond acceptors (Lipinski definition) is 3. The maximum atomic E-state index is 12.9. The zero-order valence-corrected chi connectivity index (χ0v) is 15.0. The Labute approximate surface area is 143 Å². The Kier molecular flexibility index (Phi) is 6.51. The molecule has 1 N–H and O–H groups in total. The first-order chi connectivity index (χ1) is 11.0. The van der Waals surface area contributed by atoms with Crippen molar-refractivity contribution in [1.29, 1.82) is 0 Å². The van der Waals surface area contributed by atoms with E-state index in [1.54, 1.807) is 0 Å². The van der Waals surface area contributed by atoms with Gasteiger partial charge in [-0.3, -0.25) is 9.59 Å². The largest absolute Gasteiger partial charge is 0.353 e. The van der Waals surface area contributed by atoms with Crippen molar-refractivity contribution >= 4 is 23.6 Å². The van der Waals surface area contributed by atoms with E-state index in [4.69, 9.17) is 0 Å². The van der Waals surface area contributed by atoms with Crippen LogP contribution in [-0.2, 0) is 4.79 Å². The molecule has 1 saturated heterocycles. The number of carbonyl (C=O) groups excluding carboxylic acids is 2. The van der Waals surface area contributed by atoms with Crippen LogP contribution in [0.4, 0.5) is 0 Å². The number of amides is 2. The molecular formula is C18H26N2O2S. The third-order valence-corrected chi connectivity index (χ3v) is 5.06. The molecule has 2 rings (SSSR count). The molecule has 1 fully saturated rings. The maximum absolute atomic E-state index is 12.9. The van der Waals surface area contributed by atoms with Crippen LogP contribution in [0.15, 0.2) is 29.2 Å². The van der Waals surface area contributed by atoms with Gasteiger partial charge < -0.3 is 10.2 Å². The summed E-state index contributed by atoms with van der Waals surface area (Å²) in [6.07, 6.45) is 3.33. The van der Waals surface area contributed by atoms with Gasteiger partial charge >= 0.3 is 0 Å². The lowest BCUT2D eigenvalue weighted by Gasteiger charge is -2.33. The van der Waals surface area contributed by atoms with Crippen LogP contribution in [0.3, 0.4) is 0 Å². The highest BCUT2D eigenvalue weighted by Gasteiger charge is 2.25. The summed E-state index contributed by atoms with van der Waals surface area (Å²) in [5, 5.41) is 2.88. The third kappa shape index (κ3) is 4.99. The molecule has 1 atom stereocenters. The van der Waals surface area contributed by atoms with E-state index in [0.29, 0.717) is 17.4 Å². The minimum absolute atomic E-state index is 0.00130. The fourth-order valence-electron chi connectivity index (χ4n) is 2.83. The van der Waals surface area contributed by atoms with Crippen LogP contribution in [0.1, 0.15) is 50.4 Å². The number of thioether (sulfide) groups is 1. The van der Waals surface area contributed by atoms with Gasteiger partial charge in [0.05, 0.1) is 11.3 Å². The van der Waals surface area contributed by atoms with E-state index in [-0.39, 0.29) is 17.9 Å². The number of likely N-dealkylation sites (tertiary alicyclic amines) is 1. The van der Waals surface area contributed by atoms with Crippen LogP contribution < -0.4 is 5.32 Å². The van der Waals surface area contributed by atoms with E-state index in [1.165, 1.54) is 18.2 Å². The number of nitrogens with zero attached hydrogens (tertiary/aromatic N) is 1. The Bertz CT molecular complexity index is 560. The normalized spacial score (nSPS) is 18.1. The Hall–Kier alpha value is -1.49. The first-order valence-corrected chi connectivity index (χ1v) is 9.29. The zero-order valence-electron chi connectivity index (χ0n) is 14.2. The summed E-state index contributed by atoms with van der Waals surface area (Å²) in [5.41, 5.74) is 0.712. The van der Waals surface area contributed by atoms with Crippen LogP contribution in [0, 0.1) is 0 Å². The van der Waals surface area contributed by atoms with E-state index in [0.717, 1.165) is 24.3 Å². The molecule has 0 saturated carbocycles. The summed E-state index contributed by atoms with van der Waals surface area (Å²) in [4.78, 5) is 27.6. The fourth-order valence-corrected chi connectivity index (χ4v) is 3.69. The van der Waals surface area contributed by atoms with E-state index >= 15 is 0 Å². The van der Waals surface area contributed by atoms with Gasteiger partial charge in [0.15, 0.2) is 0 Å². The Morgan fingerprint density at radius 2 is 2.04 bits per heavy atom. The second-order valence-corrected chi connectivity index (χ2v) is 7.37. The molecule has 0 bridgehead atoms. The van der Waals surface area contributed by atoms with E-state index in [9.17, 15) is 9.59 Å². The molecule has 1 aromatic carbocycles. The SMILES string of the molecule is CC(C)NC(=O)CSc1ccccc1C(=O)N1CCCCC1C. The quantitative estimate of drug-likeness (QED) is 0.841. The molecule has 0 spiro atoms. The van der Waals surface area contributed by atoms with Gasteiger partial charge in [-0.2, -0.15) is 0 Å². The zero-order chi connectivity index (χ0) is 16.8. The van der Waals surface area contributed by atoms with Crippen LogP contribution in [-0.4, -0.2) is 41.1 Å². The lowest BCUT2D eigenvalue weighted by molar-refractivity contribution is -0.119. The van der Waals surface area contributed by atoms with Crippen LogP contribution >= 0.6 is 11.8 Å². The highest BCUT2D eigenvalue weighted by atomic mass is 32.2. The average Bonchev–Trinajstić information content (AvgIpc) is 2.52. The molecule has 126 valence electrons. The topological polar surface area (TPSA) is 49.4 Å². The van der Waals surface area contributed by atoms with Gasteiger partial charge in [-0.15, -0.1) is 11.8 Å². The summed E-state index contributed by atoms with van der Waals surface area (Å²) in [5.74, 6) is 0.418. The molecular weight excluding hydrogens is 308 g/mol. The molecule has 5 heteroatoms.